The lowest BCUT2D eigenvalue weighted by atomic mass is 10.1. The number of carbonyl (C=O) groups is 3. The number of likely N-dealkylation sites (tertiary alicyclic amines) is 3. The number of hydrogen-bond acceptors (Lipinski definition) is 32. The topological polar surface area (TPSA) is 364 Å². The molecule has 3 amide bonds. The van der Waals surface area contributed by atoms with Gasteiger partial charge in [-0.25, -0.2) is 58.6 Å². The van der Waals surface area contributed by atoms with Crippen LogP contribution in [0.3, 0.4) is 0 Å². The predicted octanol–water partition coefficient (Wildman–Crippen LogP) is 9.67. The molecule has 0 aromatic carbocycles. The number of piperazine rings is 4. The summed E-state index contributed by atoms with van der Waals surface area (Å²) in [4.78, 5) is 116. The van der Waals surface area contributed by atoms with Gasteiger partial charge in [0.25, 0.3) is 17.7 Å². The van der Waals surface area contributed by atoms with Gasteiger partial charge in [-0.05, 0) is 202 Å². The second-order valence-electron chi connectivity index (χ2n) is 37.6. The number of nitrogens with one attached hydrogen (secondary N) is 6. The van der Waals surface area contributed by atoms with E-state index >= 15 is 0 Å². The van der Waals surface area contributed by atoms with Gasteiger partial charge in [0.1, 0.15) is 52.1 Å². The number of aromatic nitrogens is 16. The standard InChI is InChI=1S/2C26H35N9O.C25H33N9O.C21H25N9/c1-31-13-15-32(16-14-31)21-7-8-23(27-19-21)29-26-28-18-20-17-22(25(36)33-9-5-6-10-33)35(24(20)30-26)34-11-3-2-4-12-34;36-25(33-11-3-1-4-12-33)22-17-20-18-29-26(31-24(20)35(22)34-13-5-2-6-14-34)30-23-8-7-21(19-28-23)32-15-9-27-10-16-32;1-30-12-14-31(15-13-30)20-6-7-22(26-18-20)28-25-27-17-19-16-21(24(35)32-8-5-9-32)34(23(19)29-25)33-10-3-2-4-11-33;22-13-18-12-16-14-25-21(27-20(16)30(18)29-8-2-1-3-9-29)26-19-5-4-17(15-24-19)28-10-6-23-7-11-28/h7-8,17-19H,2-6,9-16H2,1H3,(H,27,28,29,30);7-8,17-19,27H,1-6,9-16H2,(H,28,29,30,31);6-7,16-18H,2-5,8-15H2,1H3,(H,26,27,28,29);4-5,12,14-15,23H,1-3,6-11H2,(H,24,25,26,27). The van der Waals surface area contributed by atoms with E-state index in [9.17, 15) is 19.6 Å². The highest BCUT2D eigenvalue weighted by atomic mass is 16.2. The van der Waals surface area contributed by atoms with Crippen LogP contribution in [-0.2, 0) is 0 Å². The molecule has 6 N–H and O–H groups in total. The van der Waals surface area contributed by atoms with E-state index in [1.54, 1.807) is 12.4 Å². The summed E-state index contributed by atoms with van der Waals surface area (Å²) in [6.45, 7) is 28.6. The molecule has 12 aromatic heterocycles. The Hall–Kier alpha value is -13.6. The minimum Gasteiger partial charge on any atom is -0.368 e. The fourth-order valence-electron chi connectivity index (χ4n) is 20.2. The van der Waals surface area contributed by atoms with Gasteiger partial charge in [-0.3, -0.25) is 14.4 Å². The zero-order valence-electron chi connectivity index (χ0n) is 79.1. The van der Waals surface area contributed by atoms with Gasteiger partial charge in [0.2, 0.25) is 23.8 Å². The third-order valence-corrected chi connectivity index (χ3v) is 28.1. The highest BCUT2D eigenvalue weighted by Gasteiger charge is 2.34. The Kier molecular flexibility index (Phi) is 28.5. The number of amides is 3. The molecule has 0 saturated carbocycles. The highest BCUT2D eigenvalue weighted by molar-refractivity contribution is 6.00. The molecule has 0 radical (unpaired) electrons. The minimum atomic E-state index is 0.0792. The van der Waals surface area contributed by atoms with E-state index in [0.29, 0.717) is 69.8 Å². The van der Waals surface area contributed by atoms with Crippen molar-refractivity contribution in [2.75, 3.05) is 271 Å². The van der Waals surface area contributed by atoms with E-state index in [1.807, 2.05) is 114 Å². The van der Waals surface area contributed by atoms with Crippen LogP contribution in [0.4, 0.5) is 69.8 Å². The van der Waals surface area contributed by atoms with Crippen LogP contribution in [0.5, 0.6) is 0 Å². The second kappa shape index (κ2) is 42.8. The number of rotatable bonds is 19. The Morgan fingerprint density at radius 1 is 0.285 bits per heavy atom. The SMILES string of the molecule is CN1CCN(c2ccc(Nc3ncc4cc(C(=O)N5CCC5)n(N5CCCCC5)c4n3)nc2)CC1.CN1CCN(c2ccc(Nc3ncc4cc(C(=O)N5CCCC5)n(N5CCCCC5)c4n3)nc2)CC1.N#Cc1cc2cnc(Nc3ccc(N4CCNCC4)cn3)nc2n1N1CCCCC1.O=C(c1cc2cnc(Nc3ccc(N4CCNCC4)cn3)nc2n1N1CCCCC1)N1CCCCC1. The van der Waals surface area contributed by atoms with Gasteiger partial charge in [0, 0.05) is 243 Å². The highest BCUT2D eigenvalue weighted by Crippen LogP contribution is 2.33. The monoisotopic (exact) mass is 1860 g/mol. The summed E-state index contributed by atoms with van der Waals surface area (Å²) in [5, 5.41) is 41.9. The molecule has 39 heteroatoms. The first-order valence-corrected chi connectivity index (χ1v) is 49.9. The Balaban J connectivity index is 0.000000113. The third kappa shape index (κ3) is 21.2. The molecule has 0 atom stereocenters. The summed E-state index contributed by atoms with van der Waals surface area (Å²) in [7, 11) is 4.32. The van der Waals surface area contributed by atoms with Crippen molar-refractivity contribution in [3.05, 3.63) is 145 Å². The number of likely N-dealkylation sites (N-methyl/N-ethyl adjacent to an activating group) is 2. The quantitative estimate of drug-likeness (QED) is 0.0438. The molecule has 0 unspecified atom stereocenters. The van der Waals surface area contributed by atoms with Crippen molar-refractivity contribution in [3.63, 3.8) is 0 Å². The van der Waals surface area contributed by atoms with E-state index < -0.39 is 0 Å². The van der Waals surface area contributed by atoms with Gasteiger partial charge in [-0.15, -0.1) is 0 Å². The summed E-state index contributed by atoms with van der Waals surface area (Å²) in [5.41, 5.74) is 10.2. The van der Waals surface area contributed by atoms with Crippen molar-refractivity contribution in [3.8, 4) is 6.07 Å². The maximum atomic E-state index is 13.6. The molecule has 0 aliphatic carbocycles. The number of hydrogen-bond donors (Lipinski definition) is 6. The predicted molar refractivity (Wildman–Crippen MR) is 537 cm³/mol. The van der Waals surface area contributed by atoms with Crippen LogP contribution in [-0.4, -0.2) is 331 Å². The third-order valence-electron chi connectivity index (χ3n) is 28.1. The van der Waals surface area contributed by atoms with Crippen molar-refractivity contribution in [2.24, 2.45) is 0 Å². The molecule has 11 saturated heterocycles. The van der Waals surface area contributed by atoms with E-state index in [4.69, 9.17) is 19.9 Å². The maximum absolute atomic E-state index is 13.6. The number of piperidine rings is 5. The number of fused-ring (bicyclic) bond motifs is 4. The van der Waals surface area contributed by atoms with Crippen molar-refractivity contribution >= 4 is 132 Å². The first-order chi connectivity index (χ1) is 67.4. The van der Waals surface area contributed by atoms with Gasteiger partial charge >= 0.3 is 0 Å². The first kappa shape index (κ1) is 91.2. The molecular weight excluding hydrogens is 1730 g/mol. The van der Waals surface area contributed by atoms with Crippen LogP contribution in [0.1, 0.15) is 153 Å². The number of carbonyl (C=O) groups excluding carboxylic acids is 3. The van der Waals surface area contributed by atoms with Crippen LogP contribution in [0.2, 0.25) is 0 Å². The molecule has 11 aliphatic heterocycles. The second-order valence-corrected chi connectivity index (χ2v) is 37.6. The fourth-order valence-corrected chi connectivity index (χ4v) is 20.2. The summed E-state index contributed by atoms with van der Waals surface area (Å²) < 4.78 is 8.08. The van der Waals surface area contributed by atoms with E-state index in [0.717, 1.165) is 347 Å². The van der Waals surface area contributed by atoms with Crippen molar-refractivity contribution in [1.82, 2.24) is 114 Å². The fraction of sp³-hybridized carbons (Fsp3) is 0.510. The van der Waals surface area contributed by atoms with Gasteiger partial charge < -0.3 is 96.0 Å². The Morgan fingerprint density at radius 2 is 0.540 bits per heavy atom. The Bertz CT molecular complexity index is 6130. The lowest BCUT2D eigenvalue weighted by Crippen LogP contribution is -2.46. The molecule has 137 heavy (non-hydrogen) atoms. The van der Waals surface area contributed by atoms with Crippen molar-refractivity contribution in [1.29, 1.82) is 5.26 Å². The normalized spacial score (nSPS) is 18.7. The summed E-state index contributed by atoms with van der Waals surface area (Å²) in [6.07, 6.45) is 35.3. The van der Waals surface area contributed by atoms with E-state index in [1.165, 1.54) is 32.1 Å². The summed E-state index contributed by atoms with van der Waals surface area (Å²) >= 11 is 0. The van der Waals surface area contributed by atoms with Crippen LogP contribution in [0.15, 0.2) is 122 Å². The average Bonchev–Trinajstić information content (AvgIpc) is 1.60. The lowest BCUT2D eigenvalue weighted by Gasteiger charge is -2.34. The Labute approximate surface area is 798 Å². The Morgan fingerprint density at radius 3 is 0.810 bits per heavy atom. The van der Waals surface area contributed by atoms with Gasteiger partial charge in [0.05, 0.1) is 47.5 Å². The number of pyridine rings is 4. The van der Waals surface area contributed by atoms with Crippen LogP contribution < -0.4 is 71.5 Å². The molecule has 0 bridgehead atoms. The first-order valence-electron chi connectivity index (χ1n) is 49.9. The number of nitriles is 1. The number of anilines is 12. The van der Waals surface area contributed by atoms with Gasteiger partial charge in [-0.1, -0.05) is 0 Å². The van der Waals surface area contributed by atoms with Crippen LogP contribution >= 0.6 is 0 Å². The molecule has 12 aromatic rings. The lowest BCUT2D eigenvalue weighted by molar-refractivity contribution is 0.0639. The van der Waals surface area contributed by atoms with Crippen LogP contribution in [0.25, 0.3) is 44.1 Å². The molecule has 39 nitrogen and oxygen atoms in total. The van der Waals surface area contributed by atoms with E-state index in [-0.39, 0.29) is 17.7 Å². The summed E-state index contributed by atoms with van der Waals surface area (Å²) in [5.74, 6) is 5.00. The van der Waals surface area contributed by atoms with Crippen molar-refractivity contribution in [2.45, 2.75) is 116 Å². The maximum Gasteiger partial charge on any atom is 0.272 e. The molecule has 23 rings (SSSR count). The van der Waals surface area contributed by atoms with Crippen molar-refractivity contribution < 1.29 is 14.4 Å². The molecular formula is C98H128N36O3. The zero-order chi connectivity index (χ0) is 92.9. The zero-order valence-corrected chi connectivity index (χ0v) is 79.1. The molecule has 718 valence electrons. The minimum absolute atomic E-state index is 0.0792. The van der Waals surface area contributed by atoms with Crippen LogP contribution in [0, 0.1) is 11.3 Å². The molecule has 11 aliphatic rings. The van der Waals surface area contributed by atoms with E-state index in [2.05, 4.69) is 170 Å². The molecule has 23 heterocycles. The molecule has 0 spiro atoms. The largest absolute Gasteiger partial charge is 0.368 e. The molecule has 11 fully saturated rings. The smallest absolute Gasteiger partial charge is 0.272 e. The average molecular weight is 1860 g/mol. The number of nitrogens with zero attached hydrogens (tertiary/aromatic N) is 30. The van der Waals surface area contributed by atoms with Gasteiger partial charge in [0.15, 0.2) is 22.6 Å². The summed E-state index contributed by atoms with van der Waals surface area (Å²) in [6, 6.07) is 26.3. The van der Waals surface area contributed by atoms with Gasteiger partial charge in [-0.2, -0.15) is 25.2 Å².